The summed E-state index contributed by atoms with van der Waals surface area (Å²) in [5.74, 6) is 1.47. The Bertz CT molecular complexity index is 2130. The summed E-state index contributed by atoms with van der Waals surface area (Å²) in [6.45, 7) is 0. The zero-order valence-electron chi connectivity index (χ0n) is 26.2. The van der Waals surface area contributed by atoms with E-state index < -0.39 is 0 Å². The van der Waals surface area contributed by atoms with Gasteiger partial charge in [0, 0.05) is 28.3 Å². The number of aromatic amines is 1. The Labute approximate surface area is 275 Å². The maximum Gasteiger partial charge on any atom is 0.792 e. The van der Waals surface area contributed by atoms with E-state index in [0.29, 0.717) is 19.1 Å². The summed E-state index contributed by atoms with van der Waals surface area (Å²) in [5, 5.41) is 0. The summed E-state index contributed by atoms with van der Waals surface area (Å²) in [7, 11) is 4.00. The third-order valence-electron chi connectivity index (χ3n) is 8.44. The lowest BCUT2D eigenvalue weighted by Crippen LogP contribution is -2.20. The van der Waals surface area contributed by atoms with Crippen molar-refractivity contribution in [2.45, 2.75) is 0 Å². The standard InChI is InChI=1S/C41H32BFN2O2/c1-46-37-24-14-12-22-31(37)33-26-35(44-40(33)29-18-8-4-9-19-29)39(28-16-6-3-7-17-28)36-27-34(32-23-13-15-25-38(32)47-2)41(45(36)42-43)30-20-10-5-11-21-30/h3-27,44H,1-2H3/q+1. The fourth-order valence-corrected chi connectivity index (χ4v) is 6.33. The van der Waals surface area contributed by atoms with Gasteiger partial charge in [-0.1, -0.05) is 115 Å². The molecule has 7 rings (SSSR count). The van der Waals surface area contributed by atoms with Gasteiger partial charge in [-0.15, -0.1) is 0 Å². The van der Waals surface area contributed by atoms with Gasteiger partial charge in [-0.2, -0.15) is 0 Å². The number of para-hydroxylation sites is 2. The number of aromatic nitrogens is 1. The molecule has 1 aliphatic rings. The topological polar surface area (TPSA) is 37.3 Å². The number of allylic oxidation sites excluding steroid dienone is 2. The first-order chi connectivity index (χ1) is 23.2. The first-order valence-electron chi connectivity index (χ1n) is 15.4. The number of hydrogen-bond acceptors (Lipinski definition) is 2. The van der Waals surface area contributed by atoms with E-state index in [9.17, 15) is 0 Å². The fraction of sp³-hybridized carbons (Fsp3) is 0.0488. The highest BCUT2D eigenvalue weighted by Crippen LogP contribution is 2.43. The largest absolute Gasteiger partial charge is 0.792 e. The van der Waals surface area contributed by atoms with Crippen LogP contribution in [0.15, 0.2) is 157 Å². The Hall–Kier alpha value is -5.88. The third kappa shape index (κ3) is 5.59. The Morgan fingerprint density at radius 2 is 1.15 bits per heavy atom. The maximum atomic E-state index is 15.5. The fourth-order valence-electron chi connectivity index (χ4n) is 6.33. The molecule has 6 aromatic rings. The molecule has 6 heteroatoms. The van der Waals surface area contributed by atoms with Crippen LogP contribution in [0.2, 0.25) is 0 Å². The van der Waals surface area contributed by atoms with E-state index in [4.69, 9.17) is 9.47 Å². The molecule has 0 amide bonds. The van der Waals surface area contributed by atoms with Crippen LogP contribution in [0.1, 0.15) is 22.4 Å². The molecule has 0 saturated heterocycles. The van der Waals surface area contributed by atoms with Crippen molar-refractivity contribution in [1.82, 2.24) is 4.98 Å². The quantitative estimate of drug-likeness (QED) is 0.165. The molecule has 4 nitrogen and oxygen atoms in total. The molecule has 1 radical (unpaired) electrons. The second-order valence-corrected chi connectivity index (χ2v) is 11.1. The van der Waals surface area contributed by atoms with Gasteiger partial charge in [0.15, 0.2) is 11.4 Å². The van der Waals surface area contributed by atoms with Crippen LogP contribution in [0.25, 0.3) is 33.5 Å². The molecule has 5 aromatic carbocycles. The van der Waals surface area contributed by atoms with E-state index in [0.717, 1.165) is 67.4 Å². The molecule has 1 aromatic heterocycles. The number of halogens is 1. The highest BCUT2D eigenvalue weighted by atomic mass is 19.1. The summed E-state index contributed by atoms with van der Waals surface area (Å²) < 4.78 is 28.8. The van der Waals surface area contributed by atoms with Crippen LogP contribution < -0.4 is 9.47 Å². The molecule has 0 saturated carbocycles. The van der Waals surface area contributed by atoms with Gasteiger partial charge in [0.25, 0.3) is 0 Å². The lowest BCUT2D eigenvalue weighted by Gasteiger charge is -2.10. The number of hydrogen-bond donors (Lipinski definition) is 1. The second-order valence-electron chi connectivity index (χ2n) is 11.1. The van der Waals surface area contributed by atoms with Gasteiger partial charge in [0.1, 0.15) is 11.5 Å². The van der Waals surface area contributed by atoms with Gasteiger partial charge in [-0.3, -0.25) is 0 Å². The van der Waals surface area contributed by atoms with Crippen LogP contribution in [0, 0.1) is 0 Å². The minimum atomic E-state index is 0.654. The van der Waals surface area contributed by atoms with Crippen molar-refractivity contribution in [2.24, 2.45) is 0 Å². The molecule has 0 spiro atoms. The molecule has 0 unspecified atom stereocenters. The van der Waals surface area contributed by atoms with Crippen molar-refractivity contribution in [3.05, 3.63) is 180 Å². The molecule has 2 heterocycles. The first-order valence-corrected chi connectivity index (χ1v) is 15.4. The molecule has 0 atom stereocenters. The number of rotatable bonds is 9. The minimum Gasteiger partial charge on any atom is -0.496 e. The van der Waals surface area contributed by atoms with Crippen LogP contribution >= 0.6 is 0 Å². The van der Waals surface area contributed by atoms with Gasteiger partial charge < -0.3 is 14.5 Å². The highest BCUT2D eigenvalue weighted by Gasteiger charge is 2.38. The molecule has 1 aliphatic heterocycles. The molecule has 0 bridgehead atoms. The summed E-state index contributed by atoms with van der Waals surface area (Å²) in [4.78, 5) is 3.76. The van der Waals surface area contributed by atoms with Gasteiger partial charge >= 0.3 is 7.69 Å². The number of ether oxygens (including phenoxy) is 2. The first kappa shape index (κ1) is 29.8. The van der Waals surface area contributed by atoms with Crippen LogP contribution in [0.4, 0.5) is 4.32 Å². The van der Waals surface area contributed by atoms with Crippen LogP contribution in [0.5, 0.6) is 11.5 Å². The molecule has 0 fully saturated rings. The van der Waals surface area contributed by atoms with Crippen LogP contribution in [-0.2, 0) is 0 Å². The van der Waals surface area contributed by atoms with E-state index in [-0.39, 0.29) is 0 Å². The monoisotopic (exact) mass is 614 g/mol. The summed E-state index contributed by atoms with van der Waals surface area (Å²) in [6, 6.07) is 48.2. The number of nitrogens with one attached hydrogen (secondary N) is 1. The average Bonchev–Trinajstić information content (AvgIpc) is 3.75. The molecule has 47 heavy (non-hydrogen) atoms. The van der Waals surface area contributed by atoms with Gasteiger partial charge in [0.2, 0.25) is 0 Å². The molecular weight excluding hydrogens is 582 g/mol. The summed E-state index contributed by atoms with van der Waals surface area (Å²) >= 11 is 0. The van der Waals surface area contributed by atoms with E-state index in [1.165, 1.54) is 0 Å². The maximum absolute atomic E-state index is 15.5. The normalized spacial score (nSPS) is 13.7. The molecule has 1 N–H and O–H groups in total. The van der Waals surface area contributed by atoms with E-state index >= 15 is 4.32 Å². The van der Waals surface area contributed by atoms with Crippen molar-refractivity contribution in [1.29, 1.82) is 0 Å². The number of nitrogens with zero attached hydrogens (tertiary/aromatic N) is 1. The van der Waals surface area contributed by atoms with Gasteiger partial charge in [-0.05, 0) is 41.5 Å². The molecule has 227 valence electrons. The lowest BCUT2D eigenvalue weighted by molar-refractivity contribution is -0.317. The second kappa shape index (κ2) is 13.2. The van der Waals surface area contributed by atoms with Crippen LogP contribution in [0.3, 0.4) is 0 Å². The number of benzene rings is 5. The van der Waals surface area contributed by atoms with Crippen molar-refractivity contribution >= 4 is 24.5 Å². The Morgan fingerprint density at radius 1 is 0.617 bits per heavy atom. The molecule has 0 aliphatic carbocycles. The Morgan fingerprint density at radius 3 is 1.77 bits per heavy atom. The number of H-pyrrole nitrogens is 1. The predicted molar refractivity (Wildman–Crippen MR) is 189 cm³/mol. The van der Waals surface area contributed by atoms with Crippen molar-refractivity contribution in [2.75, 3.05) is 14.2 Å². The Balaban J connectivity index is 1.58. The zero-order chi connectivity index (χ0) is 32.2. The van der Waals surface area contributed by atoms with Crippen LogP contribution in [-0.4, -0.2) is 37.1 Å². The lowest BCUT2D eigenvalue weighted by atomic mass is 9.95. The van der Waals surface area contributed by atoms with Crippen molar-refractivity contribution in [3.63, 3.8) is 0 Å². The minimum absolute atomic E-state index is 0.654. The summed E-state index contributed by atoms with van der Waals surface area (Å²) in [6.07, 6.45) is 2.06. The zero-order valence-corrected chi connectivity index (χ0v) is 26.2. The van der Waals surface area contributed by atoms with Crippen molar-refractivity contribution in [3.8, 4) is 33.9 Å². The summed E-state index contributed by atoms with van der Waals surface area (Å²) in [5.41, 5.74) is 10.5. The SMILES string of the molecule is COc1ccccc1C1=C/C(=C(\c2ccccc2)c2cc(-c3ccccc3OC)c(-c3ccccc3)[nH]2)[N+]([B]F)=C1c1ccccc1. The van der Waals surface area contributed by atoms with Crippen molar-refractivity contribution < 1.29 is 18.3 Å². The van der Waals surface area contributed by atoms with E-state index in [1.54, 1.807) is 18.7 Å². The third-order valence-corrected chi connectivity index (χ3v) is 8.44. The van der Waals surface area contributed by atoms with Gasteiger partial charge in [-0.25, -0.2) is 8.80 Å². The predicted octanol–water partition coefficient (Wildman–Crippen LogP) is 9.23. The molecular formula is C41H32BFN2O2+. The smallest absolute Gasteiger partial charge is 0.496 e. The van der Waals surface area contributed by atoms with E-state index in [1.807, 2.05) is 109 Å². The van der Waals surface area contributed by atoms with Gasteiger partial charge in [0.05, 0.1) is 36.8 Å². The Kier molecular flexibility index (Phi) is 8.40. The van der Waals surface area contributed by atoms with E-state index in [2.05, 4.69) is 47.5 Å². The highest BCUT2D eigenvalue weighted by molar-refractivity contribution is 6.36. The number of methoxy groups -OCH3 is 2. The average molecular weight is 615 g/mol.